The molecule has 0 saturated carbocycles. The molecule has 3 heterocycles. The largest absolute Gasteiger partial charge is 0.370 e. The molecule has 0 aliphatic carbocycles. The number of nitrogens with zero attached hydrogens (tertiary/aromatic N) is 5. The summed E-state index contributed by atoms with van der Waals surface area (Å²) >= 11 is 6.56. The van der Waals surface area contributed by atoms with Gasteiger partial charge in [-0.15, -0.1) is 0 Å². The highest BCUT2D eigenvalue weighted by Crippen LogP contribution is 2.45. The molecule has 10 heteroatoms. The molecular formula is C33H35ClFN7O. The van der Waals surface area contributed by atoms with Crippen molar-refractivity contribution in [2.45, 2.75) is 25.3 Å². The van der Waals surface area contributed by atoms with E-state index in [0.717, 1.165) is 59.8 Å². The van der Waals surface area contributed by atoms with Crippen molar-refractivity contribution in [3.63, 3.8) is 0 Å². The number of benzene rings is 3. The molecule has 0 atom stereocenters. The second kappa shape index (κ2) is 12.2. The Bertz CT molecular complexity index is 1640. The normalized spacial score (nSPS) is 15.1. The van der Waals surface area contributed by atoms with Crippen LogP contribution in [-0.2, 0) is 6.42 Å². The van der Waals surface area contributed by atoms with E-state index >= 15 is 4.39 Å². The van der Waals surface area contributed by atoms with Crippen LogP contribution >= 0.6 is 11.6 Å². The van der Waals surface area contributed by atoms with Crippen LogP contribution in [0.3, 0.4) is 0 Å². The van der Waals surface area contributed by atoms with Crippen molar-refractivity contribution < 1.29 is 9.18 Å². The summed E-state index contributed by atoms with van der Waals surface area (Å²) in [5.74, 6) is 0.0117. The van der Waals surface area contributed by atoms with Crippen LogP contribution in [-0.4, -0.2) is 67.6 Å². The van der Waals surface area contributed by atoms with Crippen LogP contribution in [0.4, 0.5) is 33.1 Å². The van der Waals surface area contributed by atoms with Gasteiger partial charge in [0, 0.05) is 60.8 Å². The van der Waals surface area contributed by atoms with Crippen molar-refractivity contribution in [1.29, 1.82) is 0 Å². The molecule has 2 aliphatic rings. The molecule has 8 nitrogen and oxygen atoms in total. The maximum Gasteiger partial charge on any atom is 0.251 e. The van der Waals surface area contributed by atoms with Gasteiger partial charge in [-0.25, -0.2) is 14.4 Å². The van der Waals surface area contributed by atoms with Crippen LogP contribution in [0.25, 0.3) is 11.3 Å². The summed E-state index contributed by atoms with van der Waals surface area (Å²) in [5, 5.41) is 6.45. The minimum atomic E-state index is -0.266. The van der Waals surface area contributed by atoms with Crippen LogP contribution < -0.4 is 20.4 Å². The predicted molar refractivity (Wildman–Crippen MR) is 172 cm³/mol. The van der Waals surface area contributed by atoms with Crippen molar-refractivity contribution in [3.8, 4) is 11.3 Å². The molecule has 1 amide bonds. The number of hydrogen-bond donors (Lipinski definition) is 2. The number of nitrogens with one attached hydrogen (secondary N) is 2. The molecule has 1 saturated heterocycles. The maximum atomic E-state index is 15.9. The van der Waals surface area contributed by atoms with E-state index in [1.165, 1.54) is 6.07 Å². The lowest BCUT2D eigenvalue weighted by Gasteiger charge is -2.39. The SMILES string of the molecule is CNC(=O)c1ccc(Nc2ncc3c(n2)-c2ccc(Cl)cc2N(c2c(F)cccc2N2CCC(N(C)C)CC2)CC3)cc1. The zero-order chi connectivity index (χ0) is 30.1. The Kier molecular flexibility index (Phi) is 8.19. The number of anilines is 5. The van der Waals surface area contributed by atoms with Crippen LogP contribution in [0.2, 0.25) is 5.02 Å². The molecule has 0 unspecified atom stereocenters. The van der Waals surface area contributed by atoms with Crippen molar-refractivity contribution in [3.05, 3.63) is 88.8 Å². The fraction of sp³-hybridized carbons (Fsp3) is 0.303. The average molecular weight is 600 g/mol. The van der Waals surface area contributed by atoms with E-state index in [1.54, 1.807) is 25.2 Å². The van der Waals surface area contributed by atoms with Crippen molar-refractivity contribution in [1.82, 2.24) is 20.2 Å². The molecule has 6 rings (SSSR count). The zero-order valence-corrected chi connectivity index (χ0v) is 25.3. The quantitative estimate of drug-likeness (QED) is 0.271. The van der Waals surface area contributed by atoms with Gasteiger partial charge in [0.2, 0.25) is 5.95 Å². The Morgan fingerprint density at radius 3 is 2.51 bits per heavy atom. The third-order valence-corrected chi connectivity index (χ3v) is 8.61. The van der Waals surface area contributed by atoms with Gasteiger partial charge in [0.1, 0.15) is 11.5 Å². The minimum Gasteiger partial charge on any atom is -0.370 e. The first-order valence-corrected chi connectivity index (χ1v) is 14.9. The molecule has 43 heavy (non-hydrogen) atoms. The van der Waals surface area contributed by atoms with E-state index in [4.69, 9.17) is 16.6 Å². The lowest BCUT2D eigenvalue weighted by molar-refractivity contribution is 0.0963. The summed E-state index contributed by atoms with van der Waals surface area (Å²) in [6.45, 7) is 2.26. The van der Waals surface area contributed by atoms with Gasteiger partial charge in [-0.2, -0.15) is 0 Å². The van der Waals surface area contributed by atoms with E-state index in [-0.39, 0.29) is 11.7 Å². The van der Waals surface area contributed by atoms with Gasteiger partial charge in [0.15, 0.2) is 0 Å². The van der Waals surface area contributed by atoms with E-state index < -0.39 is 0 Å². The van der Waals surface area contributed by atoms with Gasteiger partial charge in [0.05, 0.1) is 17.1 Å². The number of para-hydroxylation sites is 1. The van der Waals surface area contributed by atoms with Crippen LogP contribution in [0.15, 0.2) is 66.9 Å². The van der Waals surface area contributed by atoms with Crippen molar-refractivity contribution in [2.75, 3.05) is 55.9 Å². The van der Waals surface area contributed by atoms with Crippen LogP contribution in [0.5, 0.6) is 0 Å². The van der Waals surface area contributed by atoms with Gasteiger partial charge >= 0.3 is 0 Å². The first-order valence-electron chi connectivity index (χ1n) is 14.5. The fourth-order valence-corrected chi connectivity index (χ4v) is 6.19. The number of piperidine rings is 1. The predicted octanol–water partition coefficient (Wildman–Crippen LogP) is 6.26. The third-order valence-electron chi connectivity index (χ3n) is 8.38. The minimum absolute atomic E-state index is 0.149. The van der Waals surface area contributed by atoms with Gasteiger partial charge in [0.25, 0.3) is 5.91 Å². The number of halogens is 2. The fourth-order valence-electron chi connectivity index (χ4n) is 6.02. The number of amides is 1. The first-order chi connectivity index (χ1) is 20.8. The molecule has 1 aromatic heterocycles. The molecule has 222 valence electrons. The number of fused-ring (bicyclic) bond motifs is 3. The monoisotopic (exact) mass is 599 g/mol. The Balaban J connectivity index is 1.36. The van der Waals surface area contributed by atoms with E-state index in [0.29, 0.717) is 41.2 Å². The second-order valence-corrected chi connectivity index (χ2v) is 11.6. The topological polar surface area (TPSA) is 76.6 Å². The Morgan fingerprint density at radius 2 is 1.79 bits per heavy atom. The van der Waals surface area contributed by atoms with E-state index in [2.05, 4.69) is 44.4 Å². The lowest BCUT2D eigenvalue weighted by Crippen LogP contribution is -2.42. The number of aromatic nitrogens is 2. The maximum absolute atomic E-state index is 15.9. The Labute approximate surface area is 256 Å². The molecule has 0 bridgehead atoms. The van der Waals surface area contributed by atoms with Crippen LogP contribution in [0, 0.1) is 5.82 Å². The van der Waals surface area contributed by atoms with Gasteiger partial charge in [-0.3, -0.25) is 4.79 Å². The third kappa shape index (κ3) is 5.87. The molecule has 4 aromatic rings. The molecule has 2 N–H and O–H groups in total. The van der Waals surface area contributed by atoms with Gasteiger partial charge < -0.3 is 25.3 Å². The molecule has 1 fully saturated rings. The Hall–Kier alpha value is -4.21. The highest BCUT2D eigenvalue weighted by atomic mass is 35.5. The number of rotatable bonds is 6. The molecular weight excluding hydrogens is 565 g/mol. The number of carbonyl (C=O) groups excluding carboxylic acids is 1. The smallest absolute Gasteiger partial charge is 0.251 e. The standard InChI is InChI=1S/C33H35ClFN7O/c1-36-32(43)21-7-10-24(11-8-21)38-33-37-20-22-13-18-42(29-19-23(34)9-12-26(29)30(22)39-33)31-27(35)5-4-6-28(31)41-16-14-25(15-17-41)40(2)3/h4-12,19-20,25H,13-18H2,1-3H3,(H,36,43)(H,37,38,39). The summed E-state index contributed by atoms with van der Waals surface area (Å²) < 4.78 is 15.9. The van der Waals surface area contributed by atoms with Crippen molar-refractivity contribution >= 4 is 46.2 Å². The summed E-state index contributed by atoms with van der Waals surface area (Å²) in [7, 11) is 5.85. The zero-order valence-electron chi connectivity index (χ0n) is 24.6. The Morgan fingerprint density at radius 1 is 1.02 bits per heavy atom. The van der Waals surface area contributed by atoms with E-state index in [1.807, 2.05) is 42.6 Å². The lowest BCUT2D eigenvalue weighted by atomic mass is 10.0. The average Bonchev–Trinajstić information content (AvgIpc) is 3.17. The summed E-state index contributed by atoms with van der Waals surface area (Å²) in [5.41, 5.74) is 6.18. The van der Waals surface area contributed by atoms with Crippen LogP contribution in [0.1, 0.15) is 28.8 Å². The van der Waals surface area contributed by atoms with Gasteiger partial charge in [-0.05, 0) is 93.5 Å². The summed E-state index contributed by atoms with van der Waals surface area (Å²) in [6.07, 6.45) is 4.51. The van der Waals surface area contributed by atoms with Gasteiger partial charge in [-0.1, -0.05) is 17.7 Å². The summed E-state index contributed by atoms with van der Waals surface area (Å²) in [4.78, 5) is 28.1. The summed E-state index contributed by atoms with van der Waals surface area (Å²) in [6, 6.07) is 18.7. The van der Waals surface area contributed by atoms with Crippen molar-refractivity contribution in [2.24, 2.45) is 0 Å². The number of carbonyl (C=O) groups is 1. The van der Waals surface area contributed by atoms with E-state index in [9.17, 15) is 4.79 Å². The molecule has 0 spiro atoms. The first kappa shape index (κ1) is 28.9. The molecule has 2 aliphatic heterocycles. The molecule has 0 radical (unpaired) electrons. The highest BCUT2D eigenvalue weighted by molar-refractivity contribution is 6.31. The molecule has 3 aromatic carbocycles. The highest BCUT2D eigenvalue weighted by Gasteiger charge is 2.30. The second-order valence-electron chi connectivity index (χ2n) is 11.2. The number of hydrogen-bond acceptors (Lipinski definition) is 7.